The number of rotatable bonds is 5. The Hall–Kier alpha value is -2.09. The van der Waals surface area contributed by atoms with Crippen LogP contribution >= 0.6 is 0 Å². The summed E-state index contributed by atoms with van der Waals surface area (Å²) < 4.78 is 42.7. The van der Waals surface area contributed by atoms with Crippen molar-refractivity contribution in [1.29, 1.82) is 0 Å². The van der Waals surface area contributed by atoms with Crippen LogP contribution in [0.5, 0.6) is 0 Å². The summed E-state index contributed by atoms with van der Waals surface area (Å²) in [7, 11) is 0. The summed E-state index contributed by atoms with van der Waals surface area (Å²) in [5.74, 6) is -1.93. The maximum Gasteiger partial charge on any atom is 0.416 e. The van der Waals surface area contributed by atoms with E-state index in [-0.39, 0.29) is 19.1 Å². The van der Waals surface area contributed by atoms with Gasteiger partial charge in [0.25, 0.3) is 0 Å². The van der Waals surface area contributed by atoms with E-state index < -0.39 is 30.2 Å². The summed E-state index contributed by atoms with van der Waals surface area (Å²) in [5, 5.41) is 8.93. The lowest BCUT2D eigenvalue weighted by Crippen LogP contribution is -2.39. The largest absolute Gasteiger partial charge is 0.480 e. The minimum atomic E-state index is -4.43. The predicted octanol–water partition coefficient (Wildman–Crippen LogP) is 2.16. The van der Waals surface area contributed by atoms with Crippen molar-refractivity contribution in [2.75, 3.05) is 19.8 Å². The normalized spacial score (nSPS) is 18.0. The molecule has 0 spiro atoms. The molecule has 1 amide bonds. The van der Waals surface area contributed by atoms with Crippen molar-refractivity contribution in [1.82, 2.24) is 4.90 Å². The van der Waals surface area contributed by atoms with Gasteiger partial charge in [0.15, 0.2) is 0 Å². The van der Waals surface area contributed by atoms with Crippen molar-refractivity contribution in [2.24, 2.45) is 5.92 Å². The van der Waals surface area contributed by atoms with Crippen LogP contribution in [-0.2, 0) is 27.0 Å². The quantitative estimate of drug-likeness (QED) is 0.898. The molecular weight excluding hydrogens is 315 g/mol. The fourth-order valence-electron chi connectivity index (χ4n) is 2.38. The van der Waals surface area contributed by atoms with Gasteiger partial charge in [-0.2, -0.15) is 13.2 Å². The van der Waals surface area contributed by atoms with E-state index >= 15 is 0 Å². The van der Waals surface area contributed by atoms with Gasteiger partial charge in [0.2, 0.25) is 5.91 Å². The van der Waals surface area contributed by atoms with E-state index in [1.54, 1.807) is 0 Å². The summed E-state index contributed by atoms with van der Waals surface area (Å²) in [6, 6.07) is 4.32. The van der Waals surface area contributed by atoms with Gasteiger partial charge in [-0.1, -0.05) is 12.1 Å². The molecule has 2 rings (SSSR count). The van der Waals surface area contributed by atoms with E-state index in [1.807, 2.05) is 0 Å². The summed E-state index contributed by atoms with van der Waals surface area (Å²) in [4.78, 5) is 24.4. The van der Waals surface area contributed by atoms with Crippen LogP contribution in [0.2, 0.25) is 0 Å². The highest BCUT2D eigenvalue weighted by atomic mass is 19.4. The van der Waals surface area contributed by atoms with Crippen LogP contribution in [0.15, 0.2) is 24.3 Å². The second kappa shape index (κ2) is 6.99. The molecular formula is C15H16F3NO4. The second-order valence-corrected chi connectivity index (χ2v) is 5.34. The molecule has 5 nitrogen and oxygen atoms in total. The van der Waals surface area contributed by atoms with Crippen LogP contribution in [0, 0.1) is 5.92 Å². The van der Waals surface area contributed by atoms with Crippen molar-refractivity contribution >= 4 is 11.9 Å². The van der Waals surface area contributed by atoms with E-state index in [0.29, 0.717) is 18.6 Å². The average Bonchev–Trinajstić information content (AvgIpc) is 2.99. The molecule has 8 heteroatoms. The molecule has 1 N–H and O–H groups in total. The zero-order chi connectivity index (χ0) is 17.0. The number of alkyl halides is 3. The third kappa shape index (κ3) is 4.69. The Labute approximate surface area is 130 Å². The Morgan fingerprint density at radius 3 is 2.39 bits per heavy atom. The monoisotopic (exact) mass is 331 g/mol. The minimum absolute atomic E-state index is 0.0558. The van der Waals surface area contributed by atoms with Crippen molar-refractivity contribution in [2.45, 2.75) is 19.1 Å². The van der Waals surface area contributed by atoms with Gasteiger partial charge in [0.05, 0.1) is 18.1 Å². The number of benzene rings is 1. The van der Waals surface area contributed by atoms with Gasteiger partial charge < -0.3 is 14.7 Å². The van der Waals surface area contributed by atoms with Crippen LogP contribution in [0.4, 0.5) is 13.2 Å². The van der Waals surface area contributed by atoms with Crippen LogP contribution in [0.25, 0.3) is 0 Å². The zero-order valence-corrected chi connectivity index (χ0v) is 12.2. The van der Waals surface area contributed by atoms with Crippen molar-refractivity contribution in [3.63, 3.8) is 0 Å². The molecule has 1 atom stereocenters. The van der Waals surface area contributed by atoms with Crippen molar-refractivity contribution in [3.8, 4) is 0 Å². The minimum Gasteiger partial charge on any atom is -0.480 e. The highest BCUT2D eigenvalue weighted by Gasteiger charge is 2.31. The highest BCUT2D eigenvalue weighted by molar-refractivity contribution is 5.83. The van der Waals surface area contributed by atoms with E-state index in [2.05, 4.69) is 0 Å². The summed E-state index contributed by atoms with van der Waals surface area (Å²) >= 11 is 0. The predicted molar refractivity (Wildman–Crippen MR) is 73.4 cm³/mol. The molecule has 126 valence electrons. The second-order valence-electron chi connectivity index (χ2n) is 5.34. The van der Waals surface area contributed by atoms with E-state index in [9.17, 15) is 22.8 Å². The number of nitrogens with zero attached hydrogens (tertiary/aromatic N) is 1. The lowest BCUT2D eigenvalue weighted by Gasteiger charge is -2.23. The first kappa shape index (κ1) is 17.3. The lowest BCUT2D eigenvalue weighted by atomic mass is 10.1. The van der Waals surface area contributed by atoms with Gasteiger partial charge in [-0.05, 0) is 24.1 Å². The van der Waals surface area contributed by atoms with Gasteiger partial charge in [-0.3, -0.25) is 9.59 Å². The summed E-state index contributed by atoms with van der Waals surface area (Å²) in [6.07, 6.45) is -3.92. The van der Waals surface area contributed by atoms with Gasteiger partial charge in [-0.15, -0.1) is 0 Å². The standard InChI is InChI=1S/C15H16F3NO4/c16-15(17,18)12-3-1-10(2-4-12)7-19(8-13(20)21)14(22)11-5-6-23-9-11/h1-4,11H,5-9H2,(H,20,21). The third-order valence-electron chi connectivity index (χ3n) is 3.57. The smallest absolute Gasteiger partial charge is 0.416 e. The molecule has 1 aromatic rings. The first-order chi connectivity index (χ1) is 10.8. The molecule has 1 aromatic carbocycles. The number of ether oxygens (including phenoxy) is 1. The highest BCUT2D eigenvalue weighted by Crippen LogP contribution is 2.29. The molecule has 0 radical (unpaired) electrons. The number of amides is 1. The SMILES string of the molecule is O=C(O)CN(Cc1ccc(C(F)(F)F)cc1)C(=O)C1CCOC1. The number of carbonyl (C=O) groups excluding carboxylic acids is 1. The summed E-state index contributed by atoms with van der Waals surface area (Å²) in [6.45, 7) is 0.121. The maximum atomic E-state index is 12.5. The first-order valence-corrected chi connectivity index (χ1v) is 7.02. The molecule has 1 heterocycles. The van der Waals surface area contributed by atoms with E-state index in [1.165, 1.54) is 12.1 Å². The molecule has 1 aliphatic heterocycles. The van der Waals surface area contributed by atoms with Gasteiger partial charge in [0, 0.05) is 13.2 Å². The number of carboxylic acid groups (broad SMARTS) is 1. The molecule has 1 aliphatic rings. The van der Waals surface area contributed by atoms with Crippen LogP contribution in [0.1, 0.15) is 17.5 Å². The Bertz CT molecular complexity index is 565. The number of carboxylic acids is 1. The molecule has 1 saturated heterocycles. The van der Waals surface area contributed by atoms with Crippen molar-refractivity contribution in [3.05, 3.63) is 35.4 Å². The molecule has 1 unspecified atom stereocenters. The molecule has 1 fully saturated rings. The lowest BCUT2D eigenvalue weighted by molar-refractivity contribution is -0.146. The van der Waals surface area contributed by atoms with Crippen LogP contribution < -0.4 is 0 Å². The number of aliphatic carboxylic acids is 1. The number of hydrogen-bond donors (Lipinski definition) is 1. The summed E-state index contributed by atoms with van der Waals surface area (Å²) in [5.41, 5.74) is -0.354. The topological polar surface area (TPSA) is 66.8 Å². The molecule has 0 bridgehead atoms. The molecule has 0 aromatic heterocycles. The Kier molecular flexibility index (Phi) is 5.25. The van der Waals surface area contributed by atoms with Gasteiger partial charge in [0.1, 0.15) is 6.54 Å². The maximum absolute atomic E-state index is 12.5. The fourth-order valence-corrected chi connectivity index (χ4v) is 2.38. The Morgan fingerprint density at radius 2 is 1.91 bits per heavy atom. The van der Waals surface area contributed by atoms with Gasteiger partial charge in [-0.25, -0.2) is 0 Å². The fraction of sp³-hybridized carbons (Fsp3) is 0.467. The molecule has 0 saturated carbocycles. The zero-order valence-electron chi connectivity index (χ0n) is 12.2. The number of carbonyl (C=O) groups is 2. The van der Waals surface area contributed by atoms with Gasteiger partial charge >= 0.3 is 12.1 Å². The Morgan fingerprint density at radius 1 is 1.26 bits per heavy atom. The first-order valence-electron chi connectivity index (χ1n) is 7.02. The molecule has 23 heavy (non-hydrogen) atoms. The van der Waals surface area contributed by atoms with Crippen LogP contribution in [0.3, 0.4) is 0 Å². The average molecular weight is 331 g/mol. The van der Waals surface area contributed by atoms with E-state index in [0.717, 1.165) is 17.0 Å². The van der Waals surface area contributed by atoms with E-state index in [4.69, 9.17) is 9.84 Å². The molecule has 0 aliphatic carbocycles. The Balaban J connectivity index is 2.10. The van der Waals surface area contributed by atoms with Crippen molar-refractivity contribution < 1.29 is 32.6 Å². The van der Waals surface area contributed by atoms with Crippen LogP contribution in [-0.4, -0.2) is 41.6 Å². The number of hydrogen-bond acceptors (Lipinski definition) is 3. The number of halogens is 3. The third-order valence-corrected chi connectivity index (χ3v) is 3.57.